The van der Waals surface area contributed by atoms with Gasteiger partial charge in [-0.1, -0.05) is 36.4 Å². The van der Waals surface area contributed by atoms with Crippen molar-refractivity contribution in [3.05, 3.63) is 71.3 Å². The third kappa shape index (κ3) is 2.44. The van der Waals surface area contributed by atoms with Crippen LogP contribution < -0.4 is 0 Å². The van der Waals surface area contributed by atoms with Gasteiger partial charge >= 0.3 is 0 Å². The predicted octanol–water partition coefficient (Wildman–Crippen LogP) is 4.03. The van der Waals surface area contributed by atoms with Crippen LogP contribution in [0.4, 0.5) is 8.78 Å². The number of nitrogens with zero attached hydrogens (tertiary/aromatic N) is 1. The Bertz CT molecular complexity index is 639. The van der Waals surface area contributed by atoms with Crippen molar-refractivity contribution < 1.29 is 8.78 Å². The van der Waals surface area contributed by atoms with Crippen molar-refractivity contribution in [2.45, 2.75) is 0 Å². The molecule has 2 aromatic carbocycles. The van der Waals surface area contributed by atoms with Crippen molar-refractivity contribution in [2.75, 3.05) is 0 Å². The molecule has 0 aliphatic heterocycles. The summed E-state index contributed by atoms with van der Waals surface area (Å²) >= 11 is 0. The fourth-order valence-corrected chi connectivity index (χ4v) is 1.60. The predicted molar refractivity (Wildman–Crippen MR) is 66.3 cm³/mol. The normalized spacial score (nSPS) is 11.1. The van der Waals surface area contributed by atoms with Crippen molar-refractivity contribution >= 4 is 11.6 Å². The highest BCUT2D eigenvalue weighted by molar-refractivity contribution is 5.89. The van der Waals surface area contributed by atoms with Crippen molar-refractivity contribution in [1.29, 1.82) is 5.26 Å². The fourth-order valence-electron chi connectivity index (χ4n) is 1.60. The second-order valence-corrected chi connectivity index (χ2v) is 3.67. The van der Waals surface area contributed by atoms with E-state index in [0.717, 1.165) is 0 Å². The molecule has 2 aromatic rings. The van der Waals surface area contributed by atoms with Gasteiger partial charge in [-0.05, 0) is 18.2 Å². The van der Waals surface area contributed by atoms with E-state index in [2.05, 4.69) is 0 Å². The van der Waals surface area contributed by atoms with E-state index in [1.807, 2.05) is 6.07 Å². The molecule has 1 nitrogen and oxygen atoms in total. The molecule has 0 saturated carbocycles. The summed E-state index contributed by atoms with van der Waals surface area (Å²) in [6.07, 6.45) is 1.34. The first kappa shape index (κ1) is 12.0. The molecular formula is C15H9F2N. The summed E-state index contributed by atoms with van der Waals surface area (Å²) in [5.41, 5.74) is 0.527. The van der Waals surface area contributed by atoms with Gasteiger partial charge in [-0.3, -0.25) is 0 Å². The molecule has 0 unspecified atom stereocenters. The van der Waals surface area contributed by atoms with Crippen LogP contribution in [0.5, 0.6) is 0 Å². The lowest BCUT2D eigenvalue weighted by molar-refractivity contribution is 0.623. The van der Waals surface area contributed by atoms with Crippen molar-refractivity contribution in [2.24, 2.45) is 0 Å². The molecule has 0 N–H and O–H groups in total. The molecule has 0 heterocycles. The molecule has 88 valence electrons. The average Bonchev–Trinajstić information content (AvgIpc) is 2.39. The molecule has 0 radical (unpaired) electrons. The first-order valence-corrected chi connectivity index (χ1v) is 5.33. The third-order valence-electron chi connectivity index (χ3n) is 2.49. The van der Waals surface area contributed by atoms with Gasteiger partial charge in [0.2, 0.25) is 0 Å². The van der Waals surface area contributed by atoms with Gasteiger partial charge in [-0.25, -0.2) is 8.78 Å². The zero-order chi connectivity index (χ0) is 13.0. The molecule has 0 spiro atoms. The smallest absolute Gasteiger partial charge is 0.131 e. The van der Waals surface area contributed by atoms with Crippen LogP contribution in [0, 0.1) is 23.0 Å². The second-order valence-electron chi connectivity index (χ2n) is 3.67. The third-order valence-corrected chi connectivity index (χ3v) is 2.49. The molecule has 0 aromatic heterocycles. The Hall–Kier alpha value is -2.47. The van der Waals surface area contributed by atoms with Crippen LogP contribution in [-0.2, 0) is 0 Å². The van der Waals surface area contributed by atoms with Gasteiger partial charge in [0.15, 0.2) is 0 Å². The van der Waals surface area contributed by atoms with Gasteiger partial charge in [0.25, 0.3) is 0 Å². The minimum Gasteiger partial charge on any atom is -0.206 e. The van der Waals surface area contributed by atoms with Crippen LogP contribution in [0.1, 0.15) is 11.1 Å². The van der Waals surface area contributed by atoms with Gasteiger partial charge in [-0.15, -0.1) is 0 Å². The molecule has 0 atom stereocenters. The van der Waals surface area contributed by atoms with Gasteiger partial charge in [0, 0.05) is 11.1 Å². The SMILES string of the molecule is N#C/C(=C/c1ccccc1F)c1ccccc1F. The van der Waals surface area contributed by atoms with E-state index in [9.17, 15) is 8.78 Å². The molecule has 0 saturated heterocycles. The Morgan fingerprint density at radius 3 is 2.17 bits per heavy atom. The number of rotatable bonds is 2. The number of hydrogen-bond acceptors (Lipinski definition) is 1. The first-order chi connectivity index (χ1) is 8.72. The lowest BCUT2D eigenvalue weighted by Gasteiger charge is -2.02. The maximum Gasteiger partial charge on any atom is 0.131 e. The summed E-state index contributed by atoms with van der Waals surface area (Å²) in [4.78, 5) is 0. The summed E-state index contributed by atoms with van der Waals surface area (Å²) in [6.45, 7) is 0. The molecule has 18 heavy (non-hydrogen) atoms. The topological polar surface area (TPSA) is 23.8 Å². The Labute approximate surface area is 104 Å². The van der Waals surface area contributed by atoms with E-state index < -0.39 is 11.6 Å². The van der Waals surface area contributed by atoms with Crippen molar-refractivity contribution in [3.8, 4) is 6.07 Å². The van der Waals surface area contributed by atoms with E-state index in [1.54, 1.807) is 18.2 Å². The largest absolute Gasteiger partial charge is 0.206 e. The van der Waals surface area contributed by atoms with E-state index in [0.29, 0.717) is 0 Å². The highest BCUT2D eigenvalue weighted by atomic mass is 19.1. The molecule has 3 heteroatoms. The molecule has 2 rings (SSSR count). The number of halogens is 2. The Morgan fingerprint density at radius 1 is 0.944 bits per heavy atom. The number of benzene rings is 2. The van der Waals surface area contributed by atoms with Crippen LogP contribution >= 0.6 is 0 Å². The van der Waals surface area contributed by atoms with Crippen LogP contribution in [0.15, 0.2) is 48.5 Å². The zero-order valence-corrected chi connectivity index (χ0v) is 9.40. The monoisotopic (exact) mass is 241 g/mol. The van der Waals surface area contributed by atoms with E-state index in [-0.39, 0.29) is 16.7 Å². The summed E-state index contributed by atoms with van der Waals surface area (Å²) in [6, 6.07) is 13.9. The highest BCUT2D eigenvalue weighted by Gasteiger charge is 2.07. The standard InChI is InChI=1S/C15H9F2N/c16-14-7-3-1-5-11(14)9-12(10-18)13-6-2-4-8-15(13)17/h1-9H/b12-9-. The van der Waals surface area contributed by atoms with Gasteiger partial charge in [0.1, 0.15) is 11.6 Å². The summed E-state index contributed by atoms with van der Waals surface area (Å²) in [5.74, 6) is -0.941. The maximum absolute atomic E-state index is 13.5. The first-order valence-electron chi connectivity index (χ1n) is 5.33. The van der Waals surface area contributed by atoms with E-state index >= 15 is 0 Å². The molecule has 0 aliphatic carbocycles. The number of nitriles is 1. The highest BCUT2D eigenvalue weighted by Crippen LogP contribution is 2.21. The van der Waals surface area contributed by atoms with E-state index in [4.69, 9.17) is 5.26 Å². The van der Waals surface area contributed by atoms with Gasteiger partial charge < -0.3 is 0 Å². The van der Waals surface area contributed by atoms with Crippen LogP contribution in [0.2, 0.25) is 0 Å². The Morgan fingerprint density at radius 2 is 1.56 bits per heavy atom. The maximum atomic E-state index is 13.5. The van der Waals surface area contributed by atoms with Crippen LogP contribution in [-0.4, -0.2) is 0 Å². The zero-order valence-electron chi connectivity index (χ0n) is 9.40. The Balaban J connectivity index is 2.52. The minimum absolute atomic E-state index is 0.0956. The summed E-state index contributed by atoms with van der Waals surface area (Å²) < 4.78 is 27.0. The Kier molecular flexibility index (Phi) is 3.49. The van der Waals surface area contributed by atoms with E-state index in [1.165, 1.54) is 36.4 Å². The lowest BCUT2D eigenvalue weighted by Crippen LogP contribution is -1.88. The molecule has 0 aliphatic rings. The summed E-state index contributed by atoms with van der Waals surface area (Å²) in [5, 5.41) is 9.05. The van der Waals surface area contributed by atoms with Gasteiger partial charge in [-0.2, -0.15) is 5.26 Å². The van der Waals surface area contributed by atoms with Crippen molar-refractivity contribution in [1.82, 2.24) is 0 Å². The average molecular weight is 241 g/mol. The molecular weight excluding hydrogens is 232 g/mol. The molecule has 0 amide bonds. The van der Waals surface area contributed by atoms with Gasteiger partial charge in [0.05, 0.1) is 11.6 Å². The van der Waals surface area contributed by atoms with Crippen LogP contribution in [0.25, 0.3) is 11.6 Å². The number of allylic oxidation sites excluding steroid dienone is 1. The van der Waals surface area contributed by atoms with Crippen LogP contribution in [0.3, 0.4) is 0 Å². The quantitative estimate of drug-likeness (QED) is 0.575. The second kappa shape index (κ2) is 5.24. The minimum atomic E-state index is -0.498. The fraction of sp³-hybridized carbons (Fsp3) is 0. The molecule has 0 fully saturated rings. The summed E-state index contributed by atoms with van der Waals surface area (Å²) in [7, 11) is 0. The van der Waals surface area contributed by atoms with Crippen molar-refractivity contribution in [3.63, 3.8) is 0 Å². The lowest BCUT2D eigenvalue weighted by atomic mass is 10.0. The number of hydrogen-bond donors (Lipinski definition) is 0. The molecule has 0 bridgehead atoms.